The highest BCUT2D eigenvalue weighted by molar-refractivity contribution is 6.08. The third-order valence-corrected chi connectivity index (χ3v) is 7.32. The van der Waals surface area contributed by atoms with Crippen molar-refractivity contribution in [2.45, 2.75) is 39.3 Å². The van der Waals surface area contributed by atoms with Gasteiger partial charge in [0.25, 0.3) is 0 Å². The molecule has 0 aliphatic carbocycles. The average molecular weight is 501 g/mol. The van der Waals surface area contributed by atoms with Gasteiger partial charge in [-0.05, 0) is 42.8 Å². The molecule has 8 nitrogen and oxygen atoms in total. The molecule has 5 rings (SSSR count). The van der Waals surface area contributed by atoms with Gasteiger partial charge in [-0.15, -0.1) is 0 Å². The Morgan fingerprint density at radius 3 is 2.38 bits per heavy atom. The number of fused-ring (bicyclic) bond motifs is 3. The van der Waals surface area contributed by atoms with E-state index < -0.39 is 5.97 Å². The van der Waals surface area contributed by atoms with Crippen LogP contribution in [0.3, 0.4) is 0 Å². The average Bonchev–Trinajstić information content (AvgIpc) is 3.28. The maximum atomic E-state index is 12.1. The summed E-state index contributed by atoms with van der Waals surface area (Å²) >= 11 is 0. The molecule has 0 amide bonds. The van der Waals surface area contributed by atoms with Gasteiger partial charge in [-0.2, -0.15) is 0 Å². The van der Waals surface area contributed by atoms with Gasteiger partial charge >= 0.3 is 5.97 Å². The van der Waals surface area contributed by atoms with Crippen molar-refractivity contribution in [3.8, 4) is 0 Å². The molecule has 0 unspecified atom stereocenters. The van der Waals surface area contributed by atoms with Crippen LogP contribution in [0.2, 0.25) is 0 Å². The predicted molar refractivity (Wildman–Crippen MR) is 148 cm³/mol. The van der Waals surface area contributed by atoms with E-state index in [9.17, 15) is 4.79 Å². The summed E-state index contributed by atoms with van der Waals surface area (Å²) in [5.41, 5.74) is 11.7. The molecule has 2 aromatic heterocycles. The van der Waals surface area contributed by atoms with Crippen LogP contribution in [-0.2, 0) is 24.2 Å². The SMILES string of the molecule is CCCCc1nc2c(N)nc3cc(C(=O)OC)ccc3c2n1Cc1ccc(CN2CCN(C)CC2)cc1. The Kier molecular flexibility index (Phi) is 7.39. The molecule has 8 heteroatoms. The highest BCUT2D eigenvalue weighted by atomic mass is 16.5. The Hall–Kier alpha value is -3.49. The highest BCUT2D eigenvalue weighted by Crippen LogP contribution is 2.31. The summed E-state index contributed by atoms with van der Waals surface area (Å²) in [6.45, 7) is 8.34. The van der Waals surface area contributed by atoms with Crippen molar-refractivity contribution < 1.29 is 9.53 Å². The zero-order chi connectivity index (χ0) is 25.9. The quantitative estimate of drug-likeness (QED) is 0.365. The number of nitrogens with two attached hydrogens (primary N) is 1. The first kappa shape index (κ1) is 25.2. The summed E-state index contributed by atoms with van der Waals surface area (Å²) in [7, 11) is 3.56. The van der Waals surface area contributed by atoms with Gasteiger partial charge in [0.05, 0.1) is 23.7 Å². The number of nitrogen functional groups attached to an aromatic ring is 1. The number of hydrogen-bond acceptors (Lipinski definition) is 7. The number of carbonyl (C=O) groups is 1. The Morgan fingerprint density at radius 2 is 1.70 bits per heavy atom. The number of benzene rings is 2. The van der Waals surface area contributed by atoms with Crippen LogP contribution in [0.25, 0.3) is 21.9 Å². The van der Waals surface area contributed by atoms with Gasteiger partial charge in [0.1, 0.15) is 11.3 Å². The predicted octanol–water partition coefficient (Wildman–Crippen LogP) is 4.09. The molecule has 2 N–H and O–H groups in total. The number of unbranched alkanes of at least 4 members (excludes halogenated alkanes) is 1. The van der Waals surface area contributed by atoms with E-state index in [1.54, 1.807) is 12.1 Å². The molecule has 0 spiro atoms. The smallest absolute Gasteiger partial charge is 0.337 e. The lowest BCUT2D eigenvalue weighted by Crippen LogP contribution is -2.43. The van der Waals surface area contributed by atoms with E-state index in [1.165, 1.54) is 18.2 Å². The molecule has 194 valence electrons. The van der Waals surface area contributed by atoms with E-state index in [0.29, 0.717) is 23.4 Å². The maximum absolute atomic E-state index is 12.1. The van der Waals surface area contributed by atoms with E-state index in [0.717, 1.165) is 74.2 Å². The Balaban J connectivity index is 1.50. The van der Waals surface area contributed by atoms with Crippen molar-refractivity contribution in [3.05, 3.63) is 65.0 Å². The van der Waals surface area contributed by atoms with Crippen molar-refractivity contribution in [1.29, 1.82) is 0 Å². The molecule has 1 saturated heterocycles. The first-order valence-electron chi connectivity index (χ1n) is 13.1. The molecule has 0 radical (unpaired) electrons. The lowest BCUT2D eigenvalue weighted by atomic mass is 10.1. The number of nitrogens with zero attached hydrogens (tertiary/aromatic N) is 5. The normalized spacial score (nSPS) is 15.0. The second kappa shape index (κ2) is 10.9. The summed E-state index contributed by atoms with van der Waals surface area (Å²) in [4.78, 5) is 26.5. The van der Waals surface area contributed by atoms with Crippen LogP contribution < -0.4 is 5.73 Å². The van der Waals surface area contributed by atoms with Gasteiger partial charge in [-0.1, -0.05) is 37.6 Å². The minimum Gasteiger partial charge on any atom is -0.465 e. The molecular formula is C29H36N6O2. The molecule has 0 atom stereocenters. The Labute approximate surface area is 218 Å². The third-order valence-electron chi connectivity index (χ3n) is 7.32. The zero-order valence-electron chi connectivity index (χ0n) is 22.0. The minimum atomic E-state index is -0.392. The number of piperazine rings is 1. The van der Waals surface area contributed by atoms with Gasteiger partial charge in [0.2, 0.25) is 0 Å². The summed E-state index contributed by atoms with van der Waals surface area (Å²) in [6, 6.07) is 14.4. The van der Waals surface area contributed by atoms with Crippen molar-refractivity contribution in [2.75, 3.05) is 46.1 Å². The number of ether oxygens (including phenoxy) is 1. The van der Waals surface area contributed by atoms with Crippen LogP contribution in [0.15, 0.2) is 42.5 Å². The maximum Gasteiger partial charge on any atom is 0.337 e. The lowest BCUT2D eigenvalue weighted by Gasteiger charge is -2.32. The molecule has 1 aliphatic rings. The molecule has 3 heterocycles. The largest absolute Gasteiger partial charge is 0.465 e. The fourth-order valence-corrected chi connectivity index (χ4v) is 5.10. The molecule has 1 aliphatic heterocycles. The number of likely N-dealkylation sites (N-methyl/N-ethyl adjacent to an activating group) is 1. The van der Waals surface area contributed by atoms with Gasteiger partial charge in [-0.3, -0.25) is 4.90 Å². The van der Waals surface area contributed by atoms with E-state index in [1.807, 2.05) is 6.07 Å². The van der Waals surface area contributed by atoms with E-state index >= 15 is 0 Å². The second-order valence-electron chi connectivity index (χ2n) is 10.0. The van der Waals surface area contributed by atoms with Crippen LogP contribution in [0.1, 0.15) is 47.1 Å². The van der Waals surface area contributed by atoms with E-state index in [-0.39, 0.29) is 0 Å². The highest BCUT2D eigenvalue weighted by Gasteiger charge is 2.19. The fourth-order valence-electron chi connectivity index (χ4n) is 5.10. The number of esters is 1. The van der Waals surface area contributed by atoms with Gasteiger partial charge < -0.3 is 19.9 Å². The number of rotatable bonds is 8. The number of aryl methyl sites for hydroxylation is 1. The number of aromatic nitrogens is 3. The topological polar surface area (TPSA) is 89.5 Å². The summed E-state index contributed by atoms with van der Waals surface area (Å²) in [5, 5.41) is 0.929. The third kappa shape index (κ3) is 5.31. The lowest BCUT2D eigenvalue weighted by molar-refractivity contribution is 0.0601. The van der Waals surface area contributed by atoms with Crippen molar-refractivity contribution in [1.82, 2.24) is 24.3 Å². The monoisotopic (exact) mass is 500 g/mol. The summed E-state index contributed by atoms with van der Waals surface area (Å²) in [5.74, 6) is 0.996. The van der Waals surface area contributed by atoms with E-state index in [4.69, 9.17) is 15.5 Å². The number of methoxy groups -OCH3 is 1. The van der Waals surface area contributed by atoms with Crippen LogP contribution in [0.5, 0.6) is 0 Å². The number of anilines is 1. The van der Waals surface area contributed by atoms with Gasteiger partial charge in [-0.25, -0.2) is 14.8 Å². The van der Waals surface area contributed by atoms with Crippen molar-refractivity contribution in [2.24, 2.45) is 0 Å². The van der Waals surface area contributed by atoms with Crippen LogP contribution in [-0.4, -0.2) is 70.6 Å². The van der Waals surface area contributed by atoms with Crippen molar-refractivity contribution in [3.63, 3.8) is 0 Å². The fraction of sp³-hybridized carbons (Fsp3) is 0.414. The molecule has 0 saturated carbocycles. The zero-order valence-corrected chi connectivity index (χ0v) is 22.0. The molecule has 2 aromatic carbocycles. The van der Waals surface area contributed by atoms with Crippen LogP contribution in [0.4, 0.5) is 5.82 Å². The number of carbonyl (C=O) groups excluding carboxylic acids is 1. The number of pyridine rings is 1. The number of hydrogen-bond donors (Lipinski definition) is 1. The van der Waals surface area contributed by atoms with E-state index in [2.05, 4.69) is 57.6 Å². The standard InChI is InChI=1S/C29H36N6O2/c1-4-5-6-25-32-26-27(23-12-11-22(29(36)37-3)17-24(23)31-28(26)30)35(25)19-21-9-7-20(8-10-21)18-34-15-13-33(2)14-16-34/h7-12,17H,4-6,13-16,18-19H2,1-3H3,(H2,30,31). The molecular weight excluding hydrogens is 464 g/mol. The summed E-state index contributed by atoms with van der Waals surface area (Å²) in [6.07, 6.45) is 3.00. The molecule has 4 aromatic rings. The molecule has 37 heavy (non-hydrogen) atoms. The van der Waals surface area contributed by atoms with Gasteiger partial charge in [0.15, 0.2) is 5.82 Å². The Morgan fingerprint density at radius 1 is 1.00 bits per heavy atom. The summed E-state index contributed by atoms with van der Waals surface area (Å²) < 4.78 is 7.17. The first-order valence-corrected chi connectivity index (χ1v) is 13.1. The molecule has 1 fully saturated rings. The Bertz CT molecular complexity index is 1400. The van der Waals surface area contributed by atoms with Crippen LogP contribution >= 0.6 is 0 Å². The van der Waals surface area contributed by atoms with Gasteiger partial charge in [0, 0.05) is 51.1 Å². The first-order chi connectivity index (χ1) is 18.0. The van der Waals surface area contributed by atoms with Crippen LogP contribution in [0, 0.1) is 0 Å². The minimum absolute atomic E-state index is 0.378. The number of imidazole rings is 1. The second-order valence-corrected chi connectivity index (χ2v) is 10.0. The molecule has 0 bridgehead atoms. The van der Waals surface area contributed by atoms with Crippen molar-refractivity contribution >= 4 is 33.7 Å².